The van der Waals surface area contributed by atoms with E-state index in [4.69, 9.17) is 25.0 Å². The molecule has 0 heterocycles. The zero-order valence-electron chi connectivity index (χ0n) is 8.93. The van der Waals surface area contributed by atoms with Gasteiger partial charge in [-0.3, -0.25) is 4.99 Å². The lowest BCUT2D eigenvalue weighted by Gasteiger charge is -1.99. The molecule has 0 amide bonds. The molecule has 0 saturated carbocycles. The predicted octanol–water partition coefficient (Wildman–Crippen LogP) is -1.39. The lowest BCUT2D eigenvalue weighted by atomic mass is 9.95. The number of aliphatic imine (C=N–C) groups is 2. The van der Waals surface area contributed by atoms with Gasteiger partial charge in [0.2, 0.25) is 5.96 Å². The molecule has 0 atom stereocenters. The highest BCUT2D eigenvalue weighted by Gasteiger charge is 1.93. The fourth-order valence-electron chi connectivity index (χ4n) is 1.15. The van der Waals surface area contributed by atoms with Crippen molar-refractivity contribution >= 4 is 25.2 Å². The van der Waals surface area contributed by atoms with E-state index in [0.717, 1.165) is 17.4 Å². The monoisotopic (exact) mass is 215 g/mol. The van der Waals surface area contributed by atoms with Crippen LogP contribution in [0.15, 0.2) is 34.3 Å². The van der Waals surface area contributed by atoms with Crippen molar-refractivity contribution in [1.82, 2.24) is 0 Å². The van der Waals surface area contributed by atoms with Crippen LogP contribution in [0.1, 0.15) is 5.56 Å². The molecule has 0 fully saturated rings. The maximum absolute atomic E-state index is 5.57. The zero-order valence-corrected chi connectivity index (χ0v) is 8.93. The number of rotatable bonds is 3. The van der Waals surface area contributed by atoms with Crippen LogP contribution in [-0.2, 0) is 6.42 Å². The molecule has 6 N–H and O–H groups in total. The molecule has 0 saturated heterocycles. The van der Waals surface area contributed by atoms with Crippen molar-refractivity contribution in [2.75, 3.05) is 6.54 Å². The first kappa shape index (κ1) is 12.1. The van der Waals surface area contributed by atoms with Crippen molar-refractivity contribution in [1.29, 1.82) is 0 Å². The van der Waals surface area contributed by atoms with Gasteiger partial charge in [-0.2, -0.15) is 4.99 Å². The summed E-state index contributed by atoms with van der Waals surface area (Å²) in [6.07, 6.45) is 0.765. The third-order valence-electron chi connectivity index (χ3n) is 1.90. The van der Waals surface area contributed by atoms with Gasteiger partial charge in [-0.25, -0.2) is 0 Å². The Morgan fingerprint density at radius 1 is 1.12 bits per heavy atom. The summed E-state index contributed by atoms with van der Waals surface area (Å²) in [7, 11) is 5.57. The third kappa shape index (κ3) is 4.50. The van der Waals surface area contributed by atoms with E-state index in [1.54, 1.807) is 0 Å². The third-order valence-corrected chi connectivity index (χ3v) is 1.90. The number of hydrogen-bond donors (Lipinski definition) is 3. The van der Waals surface area contributed by atoms with Crippen molar-refractivity contribution in [3.05, 3.63) is 29.8 Å². The van der Waals surface area contributed by atoms with Crippen LogP contribution in [0.5, 0.6) is 0 Å². The van der Waals surface area contributed by atoms with Crippen molar-refractivity contribution in [2.24, 2.45) is 27.2 Å². The van der Waals surface area contributed by atoms with Gasteiger partial charge in [0.15, 0.2) is 5.96 Å². The maximum atomic E-state index is 5.57. The molecule has 82 valence electrons. The molecule has 0 aliphatic carbocycles. The number of hydrogen-bond acceptors (Lipinski definition) is 1. The quantitative estimate of drug-likeness (QED) is 0.328. The molecule has 0 aromatic heterocycles. The van der Waals surface area contributed by atoms with Gasteiger partial charge in [-0.15, -0.1) is 0 Å². The van der Waals surface area contributed by atoms with Crippen LogP contribution in [-0.4, -0.2) is 26.3 Å². The summed E-state index contributed by atoms with van der Waals surface area (Å²) in [5.41, 5.74) is 17.6. The van der Waals surface area contributed by atoms with Gasteiger partial charge in [0.1, 0.15) is 7.85 Å². The average molecular weight is 215 g/mol. The Hall–Kier alpha value is -1.98. The molecule has 5 nitrogen and oxygen atoms in total. The predicted molar refractivity (Wildman–Crippen MR) is 67.8 cm³/mol. The first-order valence-electron chi connectivity index (χ1n) is 4.82. The molecule has 1 rings (SSSR count). The normalized spacial score (nSPS) is 11.1. The van der Waals surface area contributed by atoms with Crippen LogP contribution in [0.2, 0.25) is 0 Å². The Kier molecular flexibility index (Phi) is 4.38. The summed E-state index contributed by atoms with van der Waals surface area (Å²) in [6.45, 7) is 0.534. The van der Waals surface area contributed by atoms with Crippen LogP contribution in [0.25, 0.3) is 0 Å². The summed E-state index contributed by atoms with van der Waals surface area (Å²) in [5.74, 6) is 0.00387. The van der Waals surface area contributed by atoms with Crippen LogP contribution in [0, 0.1) is 0 Å². The number of nitrogens with zero attached hydrogens (tertiary/aromatic N) is 2. The first-order valence-corrected chi connectivity index (χ1v) is 4.82. The highest BCUT2D eigenvalue weighted by Crippen LogP contribution is 1.97. The zero-order chi connectivity index (χ0) is 12.0. The van der Waals surface area contributed by atoms with E-state index in [0.29, 0.717) is 6.54 Å². The molecule has 0 unspecified atom stereocenters. The van der Waals surface area contributed by atoms with Crippen LogP contribution in [0.3, 0.4) is 0 Å². The van der Waals surface area contributed by atoms with E-state index >= 15 is 0 Å². The summed E-state index contributed by atoms with van der Waals surface area (Å²) in [5, 5.41) is 0. The van der Waals surface area contributed by atoms with Gasteiger partial charge in [0.05, 0.1) is 0 Å². The first-order chi connectivity index (χ1) is 7.58. The molecule has 1 aromatic rings. The second-order valence-corrected chi connectivity index (χ2v) is 3.27. The summed E-state index contributed by atoms with van der Waals surface area (Å²) in [6, 6.07) is 7.58. The Morgan fingerprint density at radius 2 is 1.75 bits per heavy atom. The second kappa shape index (κ2) is 5.80. The molecule has 0 bridgehead atoms. The second-order valence-electron chi connectivity index (χ2n) is 3.27. The van der Waals surface area contributed by atoms with Gasteiger partial charge in [-0.05, 0) is 12.0 Å². The minimum atomic E-state index is -0.0891. The van der Waals surface area contributed by atoms with Crippen molar-refractivity contribution in [3.63, 3.8) is 0 Å². The van der Waals surface area contributed by atoms with Crippen molar-refractivity contribution in [2.45, 2.75) is 6.42 Å². The van der Waals surface area contributed by atoms with Gasteiger partial charge < -0.3 is 17.2 Å². The Labute approximate surface area is 95.9 Å². The molecule has 0 aliphatic rings. The SMILES string of the molecule is [B]c1ccc(CCN=C(N)N=C(N)N)cc1. The number of benzene rings is 1. The van der Waals surface area contributed by atoms with E-state index in [-0.39, 0.29) is 11.9 Å². The fraction of sp³-hybridized carbons (Fsp3) is 0.200. The molecule has 16 heavy (non-hydrogen) atoms. The number of guanidine groups is 2. The number of nitrogens with two attached hydrogens (primary N) is 3. The highest BCUT2D eigenvalue weighted by molar-refractivity contribution is 6.32. The minimum absolute atomic E-state index is 0.0891. The standard InChI is InChI=1S/C10H14BN5/c11-8-3-1-7(2-4-8)5-6-15-10(14)16-9(12)13/h1-4H,5-6H2,(H6,12,13,14,15,16). The smallest absolute Gasteiger partial charge is 0.218 e. The van der Waals surface area contributed by atoms with Gasteiger partial charge >= 0.3 is 0 Å². The lowest BCUT2D eigenvalue weighted by Crippen LogP contribution is -2.26. The molecule has 0 aliphatic heterocycles. The Morgan fingerprint density at radius 3 is 2.31 bits per heavy atom. The molecule has 2 radical (unpaired) electrons. The van der Waals surface area contributed by atoms with Crippen LogP contribution in [0.4, 0.5) is 0 Å². The Balaban J connectivity index is 2.47. The molecular formula is C10H14BN5. The van der Waals surface area contributed by atoms with Gasteiger partial charge in [-0.1, -0.05) is 29.7 Å². The van der Waals surface area contributed by atoms with E-state index in [1.807, 2.05) is 24.3 Å². The van der Waals surface area contributed by atoms with E-state index < -0.39 is 0 Å². The highest BCUT2D eigenvalue weighted by atomic mass is 15.1. The van der Waals surface area contributed by atoms with Gasteiger partial charge in [0, 0.05) is 6.54 Å². The summed E-state index contributed by atoms with van der Waals surface area (Å²) < 4.78 is 0. The average Bonchev–Trinajstić information content (AvgIpc) is 2.20. The van der Waals surface area contributed by atoms with Crippen molar-refractivity contribution < 1.29 is 0 Å². The summed E-state index contributed by atoms with van der Waals surface area (Å²) >= 11 is 0. The van der Waals surface area contributed by atoms with E-state index in [9.17, 15) is 0 Å². The molecular weight excluding hydrogens is 201 g/mol. The van der Waals surface area contributed by atoms with E-state index in [1.165, 1.54) is 0 Å². The maximum Gasteiger partial charge on any atom is 0.218 e. The van der Waals surface area contributed by atoms with E-state index in [2.05, 4.69) is 9.98 Å². The summed E-state index contributed by atoms with van der Waals surface area (Å²) in [4.78, 5) is 7.60. The van der Waals surface area contributed by atoms with Crippen molar-refractivity contribution in [3.8, 4) is 0 Å². The van der Waals surface area contributed by atoms with Gasteiger partial charge in [0.25, 0.3) is 0 Å². The lowest BCUT2D eigenvalue weighted by molar-refractivity contribution is 0.962. The van der Waals surface area contributed by atoms with Crippen LogP contribution >= 0.6 is 0 Å². The Bertz CT molecular complexity index is 392. The van der Waals surface area contributed by atoms with Crippen LogP contribution < -0.4 is 22.7 Å². The largest absolute Gasteiger partial charge is 0.370 e. The topological polar surface area (TPSA) is 103 Å². The minimum Gasteiger partial charge on any atom is -0.370 e. The molecule has 1 aromatic carbocycles. The fourth-order valence-corrected chi connectivity index (χ4v) is 1.15. The molecule has 6 heteroatoms. The molecule has 0 spiro atoms.